The number of allylic oxidation sites excluding steroid dienone is 2. The number of esters is 2. The normalized spacial score (nSPS) is 36.0. The van der Waals surface area contributed by atoms with Crippen LogP contribution in [-0.4, -0.2) is 82.7 Å². The van der Waals surface area contributed by atoms with Gasteiger partial charge in [-0.25, -0.2) is 0 Å². The lowest BCUT2D eigenvalue weighted by Crippen LogP contribution is -2.42. The molecule has 2 rings (SSSR count). The standard InChI is InChI=1S/C31H50O9/c1-9-24(37-8)21(5)29-30(40-29)27(35)18(2)11-10-12-19(3)28-20(4)13-14-25(38-22(6)32)31(7,36)16-15-23(33)17-26(34)39-28/h10-14,18,20-21,23-25,27-30,33,35-36H,9,15-17H2,1-8H3/b11-10+,14-13-,19-12+/t18-,20+,21-,23-,24+,25+,27+,28-,29-,30-,31+/m1/s1. The third-order valence-electron chi connectivity index (χ3n) is 8.09. The maximum Gasteiger partial charge on any atom is 0.309 e. The monoisotopic (exact) mass is 566 g/mol. The zero-order valence-corrected chi connectivity index (χ0v) is 25.3. The molecule has 3 N–H and O–H groups in total. The first-order valence-electron chi connectivity index (χ1n) is 14.4. The van der Waals surface area contributed by atoms with E-state index in [0.29, 0.717) is 0 Å². The molecule has 0 radical (unpaired) electrons. The van der Waals surface area contributed by atoms with Crippen molar-refractivity contribution in [1.82, 2.24) is 0 Å². The number of cyclic esters (lactones) is 1. The summed E-state index contributed by atoms with van der Waals surface area (Å²) in [6.45, 7) is 12.6. The highest BCUT2D eigenvalue weighted by Gasteiger charge is 2.50. The van der Waals surface area contributed by atoms with E-state index in [1.54, 1.807) is 26.2 Å². The van der Waals surface area contributed by atoms with Gasteiger partial charge in [0.15, 0.2) is 0 Å². The molecular formula is C31H50O9. The van der Waals surface area contributed by atoms with Gasteiger partial charge < -0.3 is 34.3 Å². The maximum atomic E-state index is 12.6. The van der Waals surface area contributed by atoms with Crippen molar-refractivity contribution in [1.29, 1.82) is 0 Å². The van der Waals surface area contributed by atoms with Crippen LogP contribution in [-0.2, 0) is 28.5 Å². The molecule has 1 fully saturated rings. The van der Waals surface area contributed by atoms with Crippen LogP contribution in [0.5, 0.6) is 0 Å². The molecular weight excluding hydrogens is 516 g/mol. The Labute approximate surface area is 239 Å². The number of carbonyl (C=O) groups is 2. The molecule has 0 bridgehead atoms. The van der Waals surface area contributed by atoms with Gasteiger partial charge in [-0.3, -0.25) is 9.59 Å². The predicted octanol–water partition coefficient (Wildman–Crippen LogP) is 3.65. The molecule has 2 aliphatic heterocycles. The van der Waals surface area contributed by atoms with E-state index in [2.05, 4.69) is 13.8 Å². The quantitative estimate of drug-likeness (QED) is 0.157. The van der Waals surface area contributed by atoms with Crippen molar-refractivity contribution < 1.29 is 43.9 Å². The van der Waals surface area contributed by atoms with Crippen LogP contribution in [0.15, 0.2) is 36.0 Å². The van der Waals surface area contributed by atoms with Crippen molar-refractivity contribution in [2.75, 3.05) is 7.11 Å². The first-order valence-corrected chi connectivity index (χ1v) is 14.4. The summed E-state index contributed by atoms with van der Waals surface area (Å²) in [5.41, 5.74) is -0.666. The average Bonchev–Trinajstić information content (AvgIpc) is 3.68. The second-order valence-corrected chi connectivity index (χ2v) is 11.7. The fourth-order valence-corrected chi connectivity index (χ4v) is 5.32. The third-order valence-corrected chi connectivity index (χ3v) is 8.09. The van der Waals surface area contributed by atoms with E-state index in [0.717, 1.165) is 12.0 Å². The lowest BCUT2D eigenvalue weighted by molar-refractivity contribution is -0.157. The van der Waals surface area contributed by atoms with Gasteiger partial charge in [0.1, 0.15) is 23.9 Å². The second kappa shape index (κ2) is 15.3. The molecule has 0 aliphatic carbocycles. The average molecular weight is 567 g/mol. The Kier molecular flexibility index (Phi) is 13.0. The second-order valence-electron chi connectivity index (χ2n) is 11.7. The van der Waals surface area contributed by atoms with Gasteiger partial charge in [-0.15, -0.1) is 0 Å². The molecule has 0 aromatic heterocycles. The lowest BCUT2D eigenvalue weighted by atomic mass is 9.88. The van der Waals surface area contributed by atoms with Gasteiger partial charge in [-0.2, -0.15) is 0 Å². The van der Waals surface area contributed by atoms with Crippen LogP contribution in [0, 0.1) is 17.8 Å². The summed E-state index contributed by atoms with van der Waals surface area (Å²) < 4.78 is 22.5. The number of carbonyl (C=O) groups excluding carboxylic acids is 2. The van der Waals surface area contributed by atoms with Crippen molar-refractivity contribution in [3.8, 4) is 0 Å². The summed E-state index contributed by atoms with van der Waals surface area (Å²) in [5.74, 6) is -1.39. The Bertz CT molecular complexity index is 920. The van der Waals surface area contributed by atoms with Crippen molar-refractivity contribution in [2.24, 2.45) is 17.8 Å². The molecule has 0 amide bonds. The molecule has 0 aromatic rings. The summed E-state index contributed by atoms with van der Waals surface area (Å²) in [5, 5.41) is 32.2. The van der Waals surface area contributed by atoms with E-state index in [1.807, 2.05) is 39.0 Å². The molecule has 1 saturated heterocycles. The molecule has 0 saturated carbocycles. The van der Waals surface area contributed by atoms with Crippen molar-refractivity contribution in [3.63, 3.8) is 0 Å². The molecule has 9 nitrogen and oxygen atoms in total. The van der Waals surface area contributed by atoms with Crippen molar-refractivity contribution in [2.45, 2.75) is 122 Å². The van der Waals surface area contributed by atoms with Crippen molar-refractivity contribution in [3.05, 3.63) is 36.0 Å². The van der Waals surface area contributed by atoms with Crippen LogP contribution in [0.1, 0.15) is 74.1 Å². The number of methoxy groups -OCH3 is 1. The van der Waals surface area contributed by atoms with Gasteiger partial charge in [0.25, 0.3) is 0 Å². The van der Waals surface area contributed by atoms with Gasteiger partial charge in [-0.05, 0) is 44.8 Å². The molecule has 0 aromatic carbocycles. The van der Waals surface area contributed by atoms with Gasteiger partial charge in [0, 0.05) is 31.8 Å². The molecule has 11 atom stereocenters. The van der Waals surface area contributed by atoms with E-state index in [-0.39, 0.29) is 55.3 Å². The topological polar surface area (TPSA) is 135 Å². The molecule has 0 spiro atoms. The molecule has 2 heterocycles. The van der Waals surface area contributed by atoms with Crippen LogP contribution >= 0.6 is 0 Å². The minimum atomic E-state index is -1.42. The van der Waals surface area contributed by atoms with E-state index in [9.17, 15) is 24.9 Å². The van der Waals surface area contributed by atoms with Crippen LogP contribution in [0.4, 0.5) is 0 Å². The summed E-state index contributed by atoms with van der Waals surface area (Å²) in [6, 6.07) is 0. The van der Waals surface area contributed by atoms with Crippen LogP contribution in [0.2, 0.25) is 0 Å². The smallest absolute Gasteiger partial charge is 0.309 e. The maximum absolute atomic E-state index is 12.6. The van der Waals surface area contributed by atoms with Gasteiger partial charge in [0.2, 0.25) is 0 Å². The highest BCUT2D eigenvalue weighted by Crippen LogP contribution is 2.37. The minimum absolute atomic E-state index is 0.0387. The van der Waals surface area contributed by atoms with Crippen molar-refractivity contribution >= 4 is 11.9 Å². The third kappa shape index (κ3) is 9.80. The number of aliphatic hydroxyl groups excluding tert-OH is 2. The predicted molar refractivity (Wildman–Crippen MR) is 151 cm³/mol. The van der Waals surface area contributed by atoms with Gasteiger partial charge in [-0.1, -0.05) is 52.0 Å². The molecule has 40 heavy (non-hydrogen) atoms. The number of hydrogen-bond acceptors (Lipinski definition) is 9. The Balaban J connectivity index is 2.16. The van der Waals surface area contributed by atoms with E-state index in [1.165, 1.54) is 6.92 Å². The van der Waals surface area contributed by atoms with Gasteiger partial charge in [0.05, 0.1) is 30.8 Å². The number of aliphatic hydroxyl groups is 3. The number of hydrogen-bond donors (Lipinski definition) is 3. The number of rotatable bonds is 10. The Morgan fingerprint density at radius 1 is 1.25 bits per heavy atom. The van der Waals surface area contributed by atoms with Crippen LogP contribution in [0.25, 0.3) is 0 Å². The highest BCUT2D eigenvalue weighted by molar-refractivity contribution is 5.70. The summed E-state index contributed by atoms with van der Waals surface area (Å²) >= 11 is 0. The summed E-state index contributed by atoms with van der Waals surface area (Å²) in [4.78, 5) is 24.3. The van der Waals surface area contributed by atoms with Gasteiger partial charge >= 0.3 is 11.9 Å². The fraction of sp³-hybridized carbons (Fsp3) is 0.742. The highest BCUT2D eigenvalue weighted by atomic mass is 16.6. The SMILES string of the molecule is CC[C@H](OC)[C@@H](C)[C@H]1O[C@@H]1[C@@H](O)[C@H](C)/C=C/C=C(\C)[C@H]1OC(=O)C[C@H](O)CC[C@](C)(O)[C@@H](OC(C)=O)/C=C\[C@@H]1C. The molecule has 9 heteroatoms. The summed E-state index contributed by atoms with van der Waals surface area (Å²) in [7, 11) is 1.69. The van der Waals surface area contributed by atoms with Crippen LogP contribution < -0.4 is 0 Å². The fourth-order valence-electron chi connectivity index (χ4n) is 5.32. The lowest BCUT2D eigenvalue weighted by Gasteiger charge is -2.32. The first kappa shape index (κ1) is 34.2. The Morgan fingerprint density at radius 3 is 2.52 bits per heavy atom. The van der Waals surface area contributed by atoms with Crippen LogP contribution in [0.3, 0.4) is 0 Å². The Hall–Kier alpha value is -2.04. The zero-order valence-electron chi connectivity index (χ0n) is 25.3. The van der Waals surface area contributed by atoms with E-state index >= 15 is 0 Å². The molecule has 0 unspecified atom stereocenters. The number of ether oxygens (including phenoxy) is 4. The molecule has 2 aliphatic rings. The Morgan fingerprint density at radius 2 is 1.93 bits per heavy atom. The van der Waals surface area contributed by atoms with E-state index in [4.69, 9.17) is 18.9 Å². The first-order chi connectivity index (χ1) is 18.7. The largest absolute Gasteiger partial charge is 0.457 e. The zero-order chi connectivity index (χ0) is 30.2. The minimum Gasteiger partial charge on any atom is -0.457 e. The van der Waals surface area contributed by atoms with E-state index < -0.39 is 42.0 Å². The number of epoxide rings is 1. The summed E-state index contributed by atoms with van der Waals surface area (Å²) in [6.07, 6.45) is 6.42. The molecule has 228 valence electrons.